The fraction of sp³-hybridized carbons (Fsp3) is 0.400. The summed E-state index contributed by atoms with van der Waals surface area (Å²) in [5.74, 6) is 0.391. The fourth-order valence-electron chi connectivity index (χ4n) is 2.93. The second-order valence-corrected chi connectivity index (χ2v) is 6.20. The second kappa shape index (κ2) is 8.72. The van der Waals surface area contributed by atoms with Crippen molar-refractivity contribution in [3.63, 3.8) is 0 Å². The summed E-state index contributed by atoms with van der Waals surface area (Å²) in [6, 6.07) is 22.0. The van der Waals surface area contributed by atoms with Crippen LogP contribution in [0.3, 0.4) is 0 Å². The number of rotatable bonds is 8. The van der Waals surface area contributed by atoms with E-state index in [1.165, 1.54) is 17.5 Å². The van der Waals surface area contributed by atoms with E-state index < -0.39 is 0 Å². The molecular weight excluding hydrogens is 268 g/mol. The number of hydrogen-bond donors (Lipinski definition) is 1. The lowest BCUT2D eigenvalue weighted by atomic mass is 9.86. The number of nitrogens with one attached hydrogen (secondary N) is 1. The lowest BCUT2D eigenvalue weighted by Gasteiger charge is -2.26. The third-order valence-corrected chi connectivity index (χ3v) is 4.07. The van der Waals surface area contributed by atoms with Gasteiger partial charge >= 0.3 is 0 Å². The zero-order chi connectivity index (χ0) is 15.8. The van der Waals surface area contributed by atoms with Crippen LogP contribution >= 0.6 is 0 Å². The highest BCUT2D eigenvalue weighted by Gasteiger charge is 2.20. The molecule has 0 saturated carbocycles. The Bertz CT molecular complexity index is 482. The van der Waals surface area contributed by atoms with E-state index in [4.69, 9.17) is 0 Å². The minimum atomic E-state index is 0.391. The van der Waals surface area contributed by atoms with Gasteiger partial charge in [-0.25, -0.2) is 0 Å². The fourth-order valence-corrected chi connectivity index (χ4v) is 2.93. The molecule has 0 aliphatic carbocycles. The topological polar surface area (TPSA) is 15.3 Å². The third-order valence-electron chi connectivity index (χ3n) is 4.07. The van der Waals surface area contributed by atoms with Crippen LogP contribution in [0.1, 0.15) is 30.4 Å². The first-order valence-electron chi connectivity index (χ1n) is 8.16. The largest absolute Gasteiger partial charge is 0.313 e. The molecule has 2 aromatic rings. The molecule has 0 radical (unpaired) electrons. The van der Waals surface area contributed by atoms with Crippen molar-refractivity contribution in [3.05, 3.63) is 71.8 Å². The molecule has 0 spiro atoms. The molecule has 0 bridgehead atoms. The smallest absolute Gasteiger partial charge is 0.0240 e. The Hall–Kier alpha value is -1.64. The van der Waals surface area contributed by atoms with Crippen LogP contribution in [0.15, 0.2) is 60.7 Å². The Morgan fingerprint density at radius 3 is 1.82 bits per heavy atom. The van der Waals surface area contributed by atoms with Crippen molar-refractivity contribution in [2.24, 2.45) is 0 Å². The van der Waals surface area contributed by atoms with Gasteiger partial charge < -0.3 is 10.2 Å². The maximum Gasteiger partial charge on any atom is 0.0240 e. The molecule has 0 aliphatic rings. The molecule has 22 heavy (non-hydrogen) atoms. The van der Waals surface area contributed by atoms with E-state index in [9.17, 15) is 0 Å². The Balaban J connectivity index is 2.08. The summed E-state index contributed by atoms with van der Waals surface area (Å²) in [5.41, 5.74) is 2.75. The molecule has 0 aromatic heterocycles. The molecule has 0 saturated heterocycles. The van der Waals surface area contributed by atoms with E-state index in [1.807, 2.05) is 0 Å². The van der Waals surface area contributed by atoms with Crippen molar-refractivity contribution >= 4 is 0 Å². The SMILES string of the molecule is CC(NCCCN(C)C)C(c1ccccc1)c1ccccc1. The normalized spacial score (nSPS) is 12.8. The van der Waals surface area contributed by atoms with Crippen LogP contribution in [0.25, 0.3) is 0 Å². The van der Waals surface area contributed by atoms with Crippen LogP contribution in [-0.2, 0) is 0 Å². The monoisotopic (exact) mass is 296 g/mol. The first kappa shape index (κ1) is 16.7. The minimum absolute atomic E-state index is 0.391. The van der Waals surface area contributed by atoms with Gasteiger partial charge in [-0.15, -0.1) is 0 Å². The van der Waals surface area contributed by atoms with Crippen LogP contribution in [0.5, 0.6) is 0 Å². The highest BCUT2D eigenvalue weighted by atomic mass is 15.1. The second-order valence-electron chi connectivity index (χ2n) is 6.20. The van der Waals surface area contributed by atoms with Crippen LogP contribution in [-0.4, -0.2) is 38.1 Å². The van der Waals surface area contributed by atoms with Gasteiger partial charge in [-0.2, -0.15) is 0 Å². The molecule has 118 valence electrons. The lowest BCUT2D eigenvalue weighted by molar-refractivity contribution is 0.384. The van der Waals surface area contributed by atoms with Gasteiger partial charge in [-0.05, 0) is 51.7 Å². The summed E-state index contributed by atoms with van der Waals surface area (Å²) >= 11 is 0. The first-order chi connectivity index (χ1) is 10.7. The summed E-state index contributed by atoms with van der Waals surface area (Å²) in [6.07, 6.45) is 1.17. The van der Waals surface area contributed by atoms with Crippen LogP contribution in [0.2, 0.25) is 0 Å². The average molecular weight is 296 g/mol. The van der Waals surface area contributed by atoms with Gasteiger partial charge in [0.2, 0.25) is 0 Å². The molecule has 1 atom stereocenters. The molecule has 2 rings (SSSR count). The van der Waals surface area contributed by atoms with Gasteiger partial charge in [-0.1, -0.05) is 60.7 Å². The highest BCUT2D eigenvalue weighted by Crippen LogP contribution is 2.27. The molecule has 2 aromatic carbocycles. The molecular formula is C20H28N2. The van der Waals surface area contributed by atoms with Crippen molar-refractivity contribution in [1.82, 2.24) is 10.2 Å². The molecule has 2 nitrogen and oxygen atoms in total. The van der Waals surface area contributed by atoms with Crippen LogP contribution in [0, 0.1) is 0 Å². The van der Waals surface area contributed by atoms with Crippen LogP contribution in [0.4, 0.5) is 0 Å². The molecule has 0 fully saturated rings. The molecule has 2 heteroatoms. The van der Waals surface area contributed by atoms with Crippen molar-refractivity contribution in [2.45, 2.75) is 25.3 Å². The van der Waals surface area contributed by atoms with Gasteiger partial charge in [0.1, 0.15) is 0 Å². The zero-order valence-corrected chi connectivity index (χ0v) is 14.0. The van der Waals surface area contributed by atoms with Crippen molar-refractivity contribution < 1.29 is 0 Å². The number of hydrogen-bond acceptors (Lipinski definition) is 2. The molecule has 0 aliphatic heterocycles. The van der Waals surface area contributed by atoms with E-state index in [-0.39, 0.29) is 0 Å². The first-order valence-corrected chi connectivity index (χ1v) is 8.16. The van der Waals surface area contributed by atoms with Crippen molar-refractivity contribution in [1.29, 1.82) is 0 Å². The van der Waals surface area contributed by atoms with Gasteiger partial charge in [0, 0.05) is 12.0 Å². The molecule has 1 N–H and O–H groups in total. The van der Waals surface area contributed by atoms with Crippen molar-refractivity contribution in [3.8, 4) is 0 Å². The molecule has 0 amide bonds. The van der Waals surface area contributed by atoms with E-state index in [0.717, 1.165) is 13.1 Å². The Labute approximate surface area is 135 Å². The molecule has 1 unspecified atom stereocenters. The number of nitrogens with zero attached hydrogens (tertiary/aromatic N) is 1. The Morgan fingerprint density at radius 1 is 0.864 bits per heavy atom. The minimum Gasteiger partial charge on any atom is -0.313 e. The summed E-state index contributed by atoms with van der Waals surface area (Å²) in [5, 5.41) is 3.71. The maximum atomic E-state index is 3.71. The summed E-state index contributed by atoms with van der Waals surface area (Å²) < 4.78 is 0. The predicted octanol–water partition coefficient (Wildman–Crippen LogP) is 3.75. The third kappa shape index (κ3) is 4.97. The summed E-state index contributed by atoms with van der Waals surface area (Å²) in [7, 11) is 4.25. The van der Waals surface area contributed by atoms with E-state index >= 15 is 0 Å². The summed E-state index contributed by atoms with van der Waals surface area (Å²) in [4.78, 5) is 2.23. The predicted molar refractivity (Wildman–Crippen MR) is 95.4 cm³/mol. The quantitative estimate of drug-likeness (QED) is 0.746. The van der Waals surface area contributed by atoms with Gasteiger partial charge in [0.15, 0.2) is 0 Å². The Kier molecular flexibility index (Phi) is 6.63. The number of benzene rings is 2. The average Bonchev–Trinajstić information content (AvgIpc) is 2.54. The van der Waals surface area contributed by atoms with Crippen molar-refractivity contribution in [2.75, 3.05) is 27.2 Å². The highest BCUT2D eigenvalue weighted by molar-refractivity contribution is 5.34. The van der Waals surface area contributed by atoms with E-state index in [1.54, 1.807) is 0 Å². The zero-order valence-electron chi connectivity index (χ0n) is 14.0. The van der Waals surface area contributed by atoms with Gasteiger partial charge in [-0.3, -0.25) is 0 Å². The standard InChI is InChI=1S/C20H28N2/c1-17(21-15-10-16-22(2)3)20(18-11-6-4-7-12-18)19-13-8-5-9-14-19/h4-9,11-14,17,20-21H,10,15-16H2,1-3H3. The van der Waals surface area contributed by atoms with E-state index in [0.29, 0.717) is 12.0 Å². The Morgan fingerprint density at radius 2 is 1.36 bits per heavy atom. The molecule has 0 heterocycles. The van der Waals surface area contributed by atoms with Gasteiger partial charge in [0.25, 0.3) is 0 Å². The van der Waals surface area contributed by atoms with Crippen LogP contribution < -0.4 is 5.32 Å². The maximum absolute atomic E-state index is 3.71. The van der Waals surface area contributed by atoms with E-state index in [2.05, 4.69) is 91.9 Å². The van der Waals surface area contributed by atoms with Gasteiger partial charge in [0.05, 0.1) is 0 Å². The summed E-state index contributed by atoms with van der Waals surface area (Å²) in [6.45, 7) is 4.47. The lowest BCUT2D eigenvalue weighted by Crippen LogP contribution is -2.34.